The van der Waals surface area contributed by atoms with Crippen LogP contribution in [0.4, 0.5) is 17.5 Å². The molecule has 0 aromatic carbocycles. The summed E-state index contributed by atoms with van der Waals surface area (Å²) in [6, 6.07) is 5.73. The van der Waals surface area contributed by atoms with Gasteiger partial charge in [-0.3, -0.25) is 9.69 Å². The molecule has 1 amide bonds. The number of amides is 1. The molecule has 2 aromatic heterocycles. The van der Waals surface area contributed by atoms with Gasteiger partial charge in [0.2, 0.25) is 5.91 Å². The number of hydrogen-bond donors (Lipinski definition) is 0. The van der Waals surface area contributed by atoms with E-state index in [1.165, 1.54) is 12.0 Å². The number of pyridine rings is 1. The van der Waals surface area contributed by atoms with Gasteiger partial charge in [-0.2, -0.15) is 5.26 Å². The van der Waals surface area contributed by atoms with E-state index in [1.807, 2.05) is 18.0 Å². The number of carbonyl (C=O) groups excluding carboxylic acids is 1. The second-order valence-corrected chi connectivity index (χ2v) is 11.0. The Labute approximate surface area is 217 Å². The molecule has 3 fully saturated rings. The van der Waals surface area contributed by atoms with Gasteiger partial charge in [0.25, 0.3) is 0 Å². The number of fused-ring (bicyclic) bond motifs is 2. The molecule has 1 aliphatic carbocycles. The summed E-state index contributed by atoms with van der Waals surface area (Å²) >= 11 is 0. The van der Waals surface area contributed by atoms with Crippen molar-refractivity contribution >= 4 is 23.4 Å². The third-order valence-electron chi connectivity index (χ3n) is 8.74. The number of piperazine rings is 1. The summed E-state index contributed by atoms with van der Waals surface area (Å²) in [5.74, 6) is 2.78. The third kappa shape index (κ3) is 3.92. The van der Waals surface area contributed by atoms with Crippen molar-refractivity contribution in [3.63, 3.8) is 0 Å². The van der Waals surface area contributed by atoms with Gasteiger partial charge in [-0.25, -0.2) is 15.0 Å². The number of nitriles is 1. The van der Waals surface area contributed by atoms with Gasteiger partial charge in [0, 0.05) is 55.4 Å². The highest BCUT2D eigenvalue weighted by molar-refractivity contribution is 5.83. The quantitative estimate of drug-likeness (QED) is 0.624. The minimum absolute atomic E-state index is 0.00564. The molecule has 10 nitrogen and oxygen atoms in total. The SMILES string of the molecule is C[C@@H]1CN(c2ncnc3c2C2(CCC2)CN3c2cc(C#N)ccn2)[C@@H](C)CN1C(=O)C1COCCN1C. The van der Waals surface area contributed by atoms with E-state index in [-0.39, 0.29) is 29.4 Å². The minimum atomic E-state index is -0.221. The van der Waals surface area contributed by atoms with Gasteiger partial charge in [0.05, 0.1) is 24.8 Å². The highest BCUT2D eigenvalue weighted by Crippen LogP contribution is 2.56. The minimum Gasteiger partial charge on any atom is -0.378 e. The summed E-state index contributed by atoms with van der Waals surface area (Å²) in [5.41, 5.74) is 1.78. The van der Waals surface area contributed by atoms with Crippen LogP contribution in [0.25, 0.3) is 0 Å². The topological polar surface area (TPSA) is 102 Å². The van der Waals surface area contributed by atoms with Crippen LogP contribution in [0.2, 0.25) is 0 Å². The fraction of sp³-hybridized carbons (Fsp3) is 0.593. The Morgan fingerprint density at radius 3 is 2.70 bits per heavy atom. The number of nitrogens with zero attached hydrogens (tertiary/aromatic N) is 8. The highest BCUT2D eigenvalue weighted by atomic mass is 16.5. The van der Waals surface area contributed by atoms with E-state index >= 15 is 0 Å². The monoisotopic (exact) mass is 502 g/mol. The largest absolute Gasteiger partial charge is 0.378 e. The first kappa shape index (κ1) is 24.1. The number of aromatic nitrogens is 3. The van der Waals surface area contributed by atoms with E-state index in [0.717, 1.165) is 43.4 Å². The van der Waals surface area contributed by atoms with Crippen LogP contribution in [-0.4, -0.2) is 95.2 Å². The molecule has 0 radical (unpaired) electrons. The Balaban J connectivity index is 1.31. The highest BCUT2D eigenvalue weighted by Gasteiger charge is 2.52. The van der Waals surface area contributed by atoms with Crippen molar-refractivity contribution in [2.75, 3.05) is 56.2 Å². The van der Waals surface area contributed by atoms with Crippen LogP contribution >= 0.6 is 0 Å². The molecule has 2 aromatic rings. The molecule has 10 heteroatoms. The van der Waals surface area contributed by atoms with Crippen LogP contribution in [0.15, 0.2) is 24.7 Å². The first-order chi connectivity index (χ1) is 17.9. The third-order valence-corrected chi connectivity index (χ3v) is 8.74. The molecule has 4 aliphatic rings. The molecule has 6 rings (SSSR count). The molecule has 2 saturated heterocycles. The Bertz CT molecular complexity index is 1240. The average molecular weight is 503 g/mol. The number of ether oxygens (including phenoxy) is 1. The van der Waals surface area contributed by atoms with E-state index in [2.05, 4.69) is 39.6 Å². The Kier molecular flexibility index (Phi) is 6.00. The van der Waals surface area contributed by atoms with Crippen molar-refractivity contribution < 1.29 is 9.53 Å². The van der Waals surface area contributed by atoms with Gasteiger partial charge in [-0.15, -0.1) is 0 Å². The van der Waals surface area contributed by atoms with Crippen LogP contribution < -0.4 is 9.80 Å². The van der Waals surface area contributed by atoms with Crippen LogP contribution in [0, 0.1) is 11.3 Å². The molecular weight excluding hydrogens is 468 g/mol. The summed E-state index contributed by atoms with van der Waals surface area (Å²) in [6.07, 6.45) is 6.70. The fourth-order valence-electron chi connectivity index (χ4n) is 6.42. The van der Waals surface area contributed by atoms with Gasteiger partial charge in [-0.1, -0.05) is 6.42 Å². The lowest BCUT2D eigenvalue weighted by Gasteiger charge is -2.48. The van der Waals surface area contributed by atoms with Gasteiger partial charge in [-0.05, 0) is 45.9 Å². The van der Waals surface area contributed by atoms with E-state index in [9.17, 15) is 10.1 Å². The predicted octanol–water partition coefficient (Wildman–Crippen LogP) is 2.07. The Hall–Kier alpha value is -3.29. The predicted molar refractivity (Wildman–Crippen MR) is 139 cm³/mol. The van der Waals surface area contributed by atoms with E-state index < -0.39 is 0 Å². The van der Waals surface area contributed by atoms with Crippen LogP contribution in [0.1, 0.15) is 44.2 Å². The molecule has 1 spiro atoms. The lowest BCUT2D eigenvalue weighted by molar-refractivity contribution is -0.145. The van der Waals surface area contributed by atoms with E-state index in [1.54, 1.807) is 18.6 Å². The smallest absolute Gasteiger partial charge is 0.242 e. The number of likely N-dealkylation sites (N-methyl/N-ethyl adjacent to an activating group) is 1. The number of carbonyl (C=O) groups is 1. The maximum absolute atomic E-state index is 13.5. The van der Waals surface area contributed by atoms with Crippen molar-refractivity contribution in [1.82, 2.24) is 24.8 Å². The molecule has 194 valence electrons. The number of morpholine rings is 1. The summed E-state index contributed by atoms with van der Waals surface area (Å²) < 4.78 is 5.63. The van der Waals surface area contributed by atoms with Crippen LogP contribution in [0.3, 0.4) is 0 Å². The maximum atomic E-state index is 13.5. The second kappa shape index (κ2) is 9.23. The van der Waals surface area contributed by atoms with Gasteiger partial charge < -0.3 is 19.4 Å². The van der Waals surface area contributed by atoms with Gasteiger partial charge in [0.15, 0.2) is 0 Å². The zero-order chi connectivity index (χ0) is 25.7. The molecule has 3 atom stereocenters. The van der Waals surface area contributed by atoms with Crippen LogP contribution in [0.5, 0.6) is 0 Å². The van der Waals surface area contributed by atoms with Crippen LogP contribution in [-0.2, 0) is 14.9 Å². The van der Waals surface area contributed by atoms with E-state index in [0.29, 0.717) is 31.9 Å². The molecule has 3 aliphatic heterocycles. The van der Waals surface area contributed by atoms with Crippen molar-refractivity contribution in [1.29, 1.82) is 5.26 Å². The fourth-order valence-corrected chi connectivity index (χ4v) is 6.42. The number of anilines is 3. The van der Waals surface area contributed by atoms with Gasteiger partial charge in [0.1, 0.15) is 29.8 Å². The number of hydrogen-bond acceptors (Lipinski definition) is 9. The van der Waals surface area contributed by atoms with E-state index in [4.69, 9.17) is 14.7 Å². The Morgan fingerprint density at radius 2 is 1.97 bits per heavy atom. The average Bonchev–Trinajstić information content (AvgIpc) is 3.26. The normalized spacial score (nSPS) is 27.1. The summed E-state index contributed by atoms with van der Waals surface area (Å²) in [7, 11) is 2.00. The molecule has 37 heavy (non-hydrogen) atoms. The van der Waals surface area contributed by atoms with Crippen molar-refractivity contribution in [3.8, 4) is 6.07 Å². The lowest BCUT2D eigenvalue weighted by Crippen LogP contribution is -2.63. The molecule has 0 N–H and O–H groups in total. The first-order valence-corrected chi connectivity index (χ1v) is 13.3. The molecule has 1 unspecified atom stereocenters. The maximum Gasteiger partial charge on any atom is 0.242 e. The van der Waals surface area contributed by atoms with Crippen molar-refractivity contribution in [2.45, 2.75) is 56.7 Å². The summed E-state index contributed by atoms with van der Waals surface area (Å²) in [4.78, 5) is 36.3. The zero-order valence-corrected chi connectivity index (χ0v) is 21.8. The standard InChI is InChI=1S/C27H34N8O2/c1-18-14-34(26(36)21-15-37-10-9-32(21)3)19(2)13-33(18)24-23-25(31-17-30-24)35(16-27(23)6-4-7-27)22-11-20(12-28)5-8-29-22/h5,8,11,17-19,21H,4,6-7,9-10,13-16H2,1-3H3/t18-,19+,21?/m0/s1. The molecular formula is C27H34N8O2. The summed E-state index contributed by atoms with van der Waals surface area (Å²) in [5, 5.41) is 9.42. The van der Waals surface area contributed by atoms with Crippen molar-refractivity contribution in [3.05, 3.63) is 35.8 Å². The zero-order valence-electron chi connectivity index (χ0n) is 21.8. The molecule has 1 saturated carbocycles. The van der Waals surface area contributed by atoms with Gasteiger partial charge >= 0.3 is 0 Å². The first-order valence-electron chi connectivity index (χ1n) is 13.3. The molecule has 5 heterocycles. The second-order valence-electron chi connectivity index (χ2n) is 11.0. The number of rotatable bonds is 3. The summed E-state index contributed by atoms with van der Waals surface area (Å²) in [6.45, 7) is 8.37. The lowest BCUT2D eigenvalue weighted by atomic mass is 9.66. The molecule has 0 bridgehead atoms. The van der Waals surface area contributed by atoms with Crippen molar-refractivity contribution in [2.24, 2.45) is 0 Å². The Morgan fingerprint density at radius 1 is 1.16 bits per heavy atom.